The van der Waals surface area contributed by atoms with E-state index in [1.165, 1.54) is 11.0 Å². The number of rotatable bonds is 6. The van der Waals surface area contributed by atoms with Crippen molar-refractivity contribution in [3.05, 3.63) is 101 Å². The fourth-order valence-corrected chi connectivity index (χ4v) is 2.69. The second-order valence-electron chi connectivity index (χ2n) is 5.81. The van der Waals surface area contributed by atoms with E-state index in [-0.39, 0.29) is 17.9 Å². The van der Waals surface area contributed by atoms with Gasteiger partial charge in [-0.15, -0.1) is 0 Å². The zero-order valence-electron chi connectivity index (χ0n) is 14.5. The summed E-state index contributed by atoms with van der Waals surface area (Å²) in [6.45, 7) is 0.251. The Balaban J connectivity index is 1.88. The van der Waals surface area contributed by atoms with Crippen LogP contribution in [0.1, 0.15) is 5.56 Å². The average molecular weight is 362 g/mol. The lowest BCUT2D eigenvalue weighted by Crippen LogP contribution is -2.35. The van der Waals surface area contributed by atoms with Crippen LogP contribution in [0.4, 0.5) is 16.2 Å². The van der Waals surface area contributed by atoms with Crippen molar-refractivity contribution in [2.24, 2.45) is 0 Å². The summed E-state index contributed by atoms with van der Waals surface area (Å²) in [6.07, 6.45) is -0.122. The lowest BCUT2D eigenvalue weighted by molar-refractivity contribution is -0.384. The molecular formula is C21H18N2O4. The van der Waals surface area contributed by atoms with Gasteiger partial charge in [-0.3, -0.25) is 15.0 Å². The van der Waals surface area contributed by atoms with Crippen LogP contribution in [0.5, 0.6) is 5.75 Å². The number of amides is 1. The third-order valence-corrected chi connectivity index (χ3v) is 4.00. The Labute approximate surface area is 156 Å². The molecule has 0 aromatic heterocycles. The van der Waals surface area contributed by atoms with E-state index in [0.29, 0.717) is 12.2 Å². The molecule has 0 atom stereocenters. The van der Waals surface area contributed by atoms with Crippen molar-refractivity contribution < 1.29 is 14.5 Å². The molecule has 3 aromatic carbocycles. The SMILES string of the molecule is O=C(Oc1ccccc1)N(CCc1ccccc1)c1ccccc1[N+](=O)[O-]. The Morgan fingerprint density at radius 3 is 2.15 bits per heavy atom. The number of benzene rings is 3. The summed E-state index contributed by atoms with van der Waals surface area (Å²) in [5, 5.41) is 11.4. The van der Waals surface area contributed by atoms with Crippen molar-refractivity contribution in [3.63, 3.8) is 0 Å². The highest BCUT2D eigenvalue weighted by atomic mass is 16.6. The third kappa shape index (κ3) is 4.70. The monoisotopic (exact) mass is 362 g/mol. The van der Waals surface area contributed by atoms with Crippen LogP contribution >= 0.6 is 0 Å². The molecule has 0 bridgehead atoms. The Morgan fingerprint density at radius 2 is 1.48 bits per heavy atom. The predicted molar refractivity (Wildman–Crippen MR) is 103 cm³/mol. The van der Waals surface area contributed by atoms with Crippen LogP contribution in [0.2, 0.25) is 0 Å². The van der Waals surface area contributed by atoms with Gasteiger partial charge in [0.15, 0.2) is 0 Å². The van der Waals surface area contributed by atoms with Gasteiger partial charge >= 0.3 is 6.09 Å². The molecule has 3 aromatic rings. The quantitative estimate of drug-likeness (QED) is 0.464. The van der Waals surface area contributed by atoms with Crippen LogP contribution in [0.25, 0.3) is 0 Å². The maximum atomic E-state index is 12.8. The van der Waals surface area contributed by atoms with Gasteiger partial charge in [0, 0.05) is 12.6 Å². The number of nitro benzene ring substituents is 1. The number of nitrogens with zero attached hydrogens (tertiary/aromatic N) is 2. The van der Waals surface area contributed by atoms with Gasteiger partial charge in [-0.05, 0) is 30.2 Å². The van der Waals surface area contributed by atoms with Gasteiger partial charge < -0.3 is 4.74 Å². The fourth-order valence-electron chi connectivity index (χ4n) is 2.69. The van der Waals surface area contributed by atoms with E-state index < -0.39 is 11.0 Å². The Bertz CT molecular complexity index is 914. The lowest BCUT2D eigenvalue weighted by atomic mass is 10.1. The number of carbonyl (C=O) groups is 1. The number of anilines is 1. The summed E-state index contributed by atoms with van der Waals surface area (Å²) >= 11 is 0. The first-order valence-electron chi connectivity index (χ1n) is 8.47. The normalized spacial score (nSPS) is 10.2. The van der Waals surface area contributed by atoms with Crippen LogP contribution < -0.4 is 9.64 Å². The molecule has 0 unspecified atom stereocenters. The van der Waals surface area contributed by atoms with E-state index in [9.17, 15) is 14.9 Å². The minimum atomic E-state index is -0.661. The minimum Gasteiger partial charge on any atom is -0.410 e. The number of hydrogen-bond donors (Lipinski definition) is 0. The van der Waals surface area contributed by atoms with Crippen LogP contribution in [-0.2, 0) is 6.42 Å². The highest BCUT2D eigenvalue weighted by Gasteiger charge is 2.25. The van der Waals surface area contributed by atoms with Gasteiger partial charge in [0.05, 0.1) is 4.92 Å². The summed E-state index contributed by atoms with van der Waals surface area (Å²) in [4.78, 5) is 25.0. The zero-order valence-corrected chi connectivity index (χ0v) is 14.5. The Kier molecular flexibility index (Phi) is 5.79. The van der Waals surface area contributed by atoms with Crippen molar-refractivity contribution in [2.45, 2.75) is 6.42 Å². The first-order valence-corrected chi connectivity index (χ1v) is 8.47. The summed E-state index contributed by atoms with van der Waals surface area (Å²) in [5.41, 5.74) is 1.09. The molecule has 6 nitrogen and oxygen atoms in total. The van der Waals surface area contributed by atoms with Gasteiger partial charge in [-0.1, -0.05) is 60.7 Å². The standard InChI is InChI=1S/C21H18N2O4/c24-21(27-18-11-5-2-6-12-18)22(16-15-17-9-3-1-4-10-17)19-13-7-8-14-20(19)23(25)26/h1-14H,15-16H2. The average Bonchev–Trinajstić information content (AvgIpc) is 2.70. The fraction of sp³-hybridized carbons (Fsp3) is 0.0952. The number of hydrogen-bond acceptors (Lipinski definition) is 4. The van der Waals surface area contributed by atoms with Gasteiger partial charge in [-0.25, -0.2) is 4.79 Å². The lowest BCUT2D eigenvalue weighted by Gasteiger charge is -2.22. The molecule has 136 valence electrons. The molecule has 0 fully saturated rings. The highest BCUT2D eigenvalue weighted by Crippen LogP contribution is 2.28. The van der Waals surface area contributed by atoms with Gasteiger partial charge in [0.1, 0.15) is 11.4 Å². The van der Waals surface area contributed by atoms with Crippen LogP contribution in [0.15, 0.2) is 84.9 Å². The molecule has 0 radical (unpaired) electrons. The van der Waals surface area contributed by atoms with Crippen LogP contribution in [-0.4, -0.2) is 17.6 Å². The third-order valence-electron chi connectivity index (χ3n) is 4.00. The summed E-state index contributed by atoms with van der Waals surface area (Å²) in [7, 11) is 0. The Hall–Kier alpha value is -3.67. The molecule has 0 aliphatic carbocycles. The number of ether oxygens (including phenoxy) is 1. The van der Waals surface area contributed by atoms with Crippen LogP contribution in [0.3, 0.4) is 0 Å². The van der Waals surface area contributed by atoms with E-state index in [1.807, 2.05) is 36.4 Å². The smallest absolute Gasteiger partial charge is 0.410 e. The van der Waals surface area contributed by atoms with Gasteiger partial charge in [0.25, 0.3) is 5.69 Å². The van der Waals surface area contributed by atoms with Crippen LogP contribution in [0, 0.1) is 10.1 Å². The number of nitro groups is 1. The molecule has 0 aliphatic heterocycles. The summed E-state index contributed by atoms with van der Waals surface area (Å²) < 4.78 is 5.42. The largest absolute Gasteiger partial charge is 0.419 e. The van der Waals surface area contributed by atoms with Crippen molar-refractivity contribution in [2.75, 3.05) is 11.4 Å². The molecule has 27 heavy (non-hydrogen) atoms. The molecule has 0 saturated carbocycles. The van der Waals surface area contributed by atoms with Gasteiger partial charge in [0.2, 0.25) is 0 Å². The molecule has 0 saturated heterocycles. The minimum absolute atomic E-state index is 0.143. The second kappa shape index (κ2) is 8.62. The molecule has 1 amide bonds. The summed E-state index contributed by atoms with van der Waals surface area (Å²) in [5.74, 6) is 0.380. The van der Waals surface area contributed by atoms with E-state index in [1.54, 1.807) is 42.5 Å². The first-order chi connectivity index (χ1) is 13.1. The predicted octanol–water partition coefficient (Wildman–Crippen LogP) is 4.84. The Morgan fingerprint density at radius 1 is 0.889 bits per heavy atom. The molecule has 3 rings (SSSR count). The molecule has 0 heterocycles. The maximum Gasteiger partial charge on any atom is 0.419 e. The highest BCUT2D eigenvalue weighted by molar-refractivity contribution is 5.92. The van der Waals surface area contributed by atoms with E-state index in [2.05, 4.69) is 0 Å². The summed E-state index contributed by atoms with van der Waals surface area (Å²) in [6, 6.07) is 24.4. The topological polar surface area (TPSA) is 72.7 Å². The molecule has 0 spiro atoms. The number of carbonyl (C=O) groups excluding carboxylic acids is 1. The maximum absolute atomic E-state index is 12.8. The molecule has 0 N–H and O–H groups in total. The zero-order chi connectivity index (χ0) is 19.1. The van der Waals surface area contributed by atoms with Crippen molar-refractivity contribution >= 4 is 17.5 Å². The van der Waals surface area contributed by atoms with Crippen molar-refractivity contribution in [3.8, 4) is 5.75 Å². The van der Waals surface area contributed by atoms with E-state index >= 15 is 0 Å². The second-order valence-corrected chi connectivity index (χ2v) is 5.81. The van der Waals surface area contributed by atoms with Crippen molar-refractivity contribution in [1.29, 1.82) is 0 Å². The molecule has 0 aliphatic rings. The first kappa shape index (κ1) is 18.1. The van der Waals surface area contributed by atoms with Crippen molar-refractivity contribution in [1.82, 2.24) is 0 Å². The molecular weight excluding hydrogens is 344 g/mol. The van der Waals surface area contributed by atoms with Gasteiger partial charge in [-0.2, -0.15) is 0 Å². The molecule has 6 heteroatoms. The van der Waals surface area contributed by atoms with E-state index in [4.69, 9.17) is 4.74 Å². The van der Waals surface area contributed by atoms with E-state index in [0.717, 1.165) is 5.56 Å². The number of para-hydroxylation sites is 3.